The first kappa shape index (κ1) is 14.6. The van der Waals surface area contributed by atoms with Gasteiger partial charge in [-0.15, -0.1) is 23.1 Å². The van der Waals surface area contributed by atoms with Gasteiger partial charge in [0.2, 0.25) is 0 Å². The van der Waals surface area contributed by atoms with E-state index < -0.39 is 0 Å². The summed E-state index contributed by atoms with van der Waals surface area (Å²) in [5.74, 6) is 6.54. The van der Waals surface area contributed by atoms with Crippen molar-refractivity contribution in [1.29, 1.82) is 0 Å². The molecule has 96 valence electrons. The van der Waals surface area contributed by atoms with Crippen molar-refractivity contribution in [3.05, 3.63) is 49.5 Å². The van der Waals surface area contributed by atoms with E-state index in [-0.39, 0.29) is 6.04 Å². The molecule has 0 saturated carbocycles. The van der Waals surface area contributed by atoms with E-state index in [1.165, 1.54) is 9.77 Å². The first-order valence-corrected chi connectivity index (χ1v) is 8.73. The minimum atomic E-state index is 0.156. The second kappa shape index (κ2) is 7.07. The molecule has 0 spiro atoms. The standard InChI is InChI=1S/C12H12Br2N2S2/c13-8-2-1-3-9(6-8)18-7-11(16-15)12-10(14)4-5-17-12/h1-6,11,16H,7,15H2. The van der Waals surface area contributed by atoms with Gasteiger partial charge in [0, 0.05) is 24.5 Å². The van der Waals surface area contributed by atoms with Gasteiger partial charge in [-0.05, 0) is 45.6 Å². The van der Waals surface area contributed by atoms with Crippen LogP contribution in [0.15, 0.2) is 49.6 Å². The summed E-state index contributed by atoms with van der Waals surface area (Å²) < 4.78 is 2.22. The zero-order valence-corrected chi connectivity index (χ0v) is 14.2. The van der Waals surface area contributed by atoms with E-state index in [2.05, 4.69) is 54.8 Å². The van der Waals surface area contributed by atoms with Crippen LogP contribution in [0.1, 0.15) is 10.9 Å². The van der Waals surface area contributed by atoms with Crippen molar-refractivity contribution >= 4 is 55.0 Å². The molecule has 0 aliphatic carbocycles. The molecule has 0 aliphatic rings. The summed E-state index contributed by atoms with van der Waals surface area (Å²) in [5.41, 5.74) is 2.88. The average molecular weight is 408 g/mol. The number of thiophene rings is 1. The molecule has 1 aromatic heterocycles. The lowest BCUT2D eigenvalue weighted by atomic mass is 10.3. The normalized spacial score (nSPS) is 12.6. The summed E-state index contributed by atoms with van der Waals surface area (Å²) in [6.45, 7) is 0. The van der Waals surface area contributed by atoms with Crippen LogP contribution in [0.4, 0.5) is 0 Å². The molecule has 0 fully saturated rings. The Morgan fingerprint density at radius 3 is 2.78 bits per heavy atom. The molecule has 1 unspecified atom stereocenters. The van der Waals surface area contributed by atoms with Crippen LogP contribution < -0.4 is 11.3 Å². The average Bonchev–Trinajstić information content (AvgIpc) is 2.77. The first-order valence-electron chi connectivity index (χ1n) is 5.28. The molecular formula is C12H12Br2N2S2. The number of benzene rings is 1. The molecule has 2 rings (SSSR count). The van der Waals surface area contributed by atoms with Gasteiger partial charge in [0.1, 0.15) is 0 Å². The Morgan fingerprint density at radius 2 is 2.17 bits per heavy atom. The van der Waals surface area contributed by atoms with Crippen LogP contribution in [0.3, 0.4) is 0 Å². The maximum Gasteiger partial charge on any atom is 0.0658 e. The molecule has 6 heteroatoms. The molecule has 0 amide bonds. The van der Waals surface area contributed by atoms with Crippen molar-refractivity contribution in [1.82, 2.24) is 5.43 Å². The van der Waals surface area contributed by atoms with Crippen LogP contribution in [0.25, 0.3) is 0 Å². The van der Waals surface area contributed by atoms with E-state index in [0.29, 0.717) is 0 Å². The largest absolute Gasteiger partial charge is 0.271 e. The summed E-state index contributed by atoms with van der Waals surface area (Å²) in [6, 6.07) is 10.5. The van der Waals surface area contributed by atoms with Crippen molar-refractivity contribution in [3.63, 3.8) is 0 Å². The van der Waals surface area contributed by atoms with Gasteiger partial charge < -0.3 is 0 Å². The van der Waals surface area contributed by atoms with Gasteiger partial charge in [-0.1, -0.05) is 22.0 Å². The summed E-state index contributed by atoms with van der Waals surface area (Å²) in [4.78, 5) is 2.47. The predicted molar refractivity (Wildman–Crippen MR) is 86.9 cm³/mol. The topological polar surface area (TPSA) is 38.0 Å². The Balaban J connectivity index is 2.02. The number of nitrogens with one attached hydrogen (secondary N) is 1. The van der Waals surface area contributed by atoms with Gasteiger partial charge in [-0.2, -0.15) is 0 Å². The highest BCUT2D eigenvalue weighted by molar-refractivity contribution is 9.10. The van der Waals surface area contributed by atoms with Crippen LogP contribution in [-0.4, -0.2) is 5.75 Å². The predicted octanol–water partition coefficient (Wildman–Crippen LogP) is 4.57. The Hall–Kier alpha value is 0.150. The minimum absolute atomic E-state index is 0.156. The molecule has 0 saturated heterocycles. The summed E-state index contributed by atoms with van der Waals surface area (Å²) >= 11 is 10.5. The lowest BCUT2D eigenvalue weighted by Crippen LogP contribution is -2.29. The van der Waals surface area contributed by atoms with Crippen molar-refractivity contribution in [3.8, 4) is 0 Å². The van der Waals surface area contributed by atoms with E-state index >= 15 is 0 Å². The summed E-state index contributed by atoms with van der Waals surface area (Å²) in [7, 11) is 0. The Bertz CT molecular complexity index is 516. The van der Waals surface area contributed by atoms with Crippen LogP contribution in [0.2, 0.25) is 0 Å². The number of rotatable bonds is 5. The maximum absolute atomic E-state index is 5.64. The van der Waals surface area contributed by atoms with Gasteiger partial charge in [0.25, 0.3) is 0 Å². The number of hydrogen-bond donors (Lipinski definition) is 2. The van der Waals surface area contributed by atoms with Gasteiger partial charge in [-0.3, -0.25) is 11.3 Å². The molecular weight excluding hydrogens is 396 g/mol. The third kappa shape index (κ3) is 3.82. The van der Waals surface area contributed by atoms with E-state index in [1.54, 1.807) is 23.1 Å². The molecule has 0 radical (unpaired) electrons. The quantitative estimate of drug-likeness (QED) is 0.433. The Labute approximate surface area is 132 Å². The third-order valence-corrected chi connectivity index (χ3v) is 5.94. The number of thioether (sulfide) groups is 1. The molecule has 1 atom stereocenters. The number of hydrogen-bond acceptors (Lipinski definition) is 4. The van der Waals surface area contributed by atoms with Gasteiger partial charge in [0.15, 0.2) is 0 Å². The monoisotopic (exact) mass is 406 g/mol. The second-order valence-electron chi connectivity index (χ2n) is 3.62. The highest BCUT2D eigenvalue weighted by Gasteiger charge is 2.14. The van der Waals surface area contributed by atoms with E-state index in [4.69, 9.17) is 5.84 Å². The van der Waals surface area contributed by atoms with Crippen molar-refractivity contribution in [2.24, 2.45) is 5.84 Å². The lowest BCUT2D eigenvalue weighted by Gasteiger charge is -2.14. The molecule has 18 heavy (non-hydrogen) atoms. The van der Waals surface area contributed by atoms with Gasteiger partial charge in [0.05, 0.1) is 6.04 Å². The van der Waals surface area contributed by atoms with Crippen LogP contribution in [0, 0.1) is 0 Å². The minimum Gasteiger partial charge on any atom is -0.271 e. The van der Waals surface area contributed by atoms with Crippen LogP contribution >= 0.6 is 55.0 Å². The fourth-order valence-electron chi connectivity index (χ4n) is 1.49. The Kier molecular flexibility index (Phi) is 5.72. The van der Waals surface area contributed by atoms with Gasteiger partial charge >= 0.3 is 0 Å². The fraction of sp³-hybridized carbons (Fsp3) is 0.167. The maximum atomic E-state index is 5.64. The zero-order chi connectivity index (χ0) is 13.0. The van der Waals surface area contributed by atoms with E-state index in [0.717, 1.165) is 14.7 Å². The zero-order valence-electron chi connectivity index (χ0n) is 9.40. The van der Waals surface area contributed by atoms with E-state index in [1.807, 2.05) is 18.2 Å². The fourth-order valence-corrected chi connectivity index (χ4v) is 4.86. The molecule has 1 heterocycles. The lowest BCUT2D eigenvalue weighted by molar-refractivity contribution is 0.618. The highest BCUT2D eigenvalue weighted by atomic mass is 79.9. The van der Waals surface area contributed by atoms with Crippen LogP contribution in [-0.2, 0) is 0 Å². The molecule has 2 aromatic rings. The molecule has 0 bridgehead atoms. The molecule has 3 N–H and O–H groups in total. The highest BCUT2D eigenvalue weighted by Crippen LogP contribution is 2.32. The van der Waals surface area contributed by atoms with Crippen molar-refractivity contribution in [2.75, 3.05) is 5.75 Å². The van der Waals surface area contributed by atoms with Crippen LogP contribution in [0.5, 0.6) is 0 Å². The molecule has 2 nitrogen and oxygen atoms in total. The van der Waals surface area contributed by atoms with Crippen molar-refractivity contribution < 1.29 is 0 Å². The van der Waals surface area contributed by atoms with E-state index in [9.17, 15) is 0 Å². The molecule has 0 aliphatic heterocycles. The number of nitrogens with two attached hydrogens (primary N) is 1. The summed E-state index contributed by atoms with van der Waals surface area (Å²) in [5, 5.41) is 2.06. The third-order valence-electron chi connectivity index (χ3n) is 2.38. The smallest absolute Gasteiger partial charge is 0.0658 e. The van der Waals surface area contributed by atoms with Gasteiger partial charge in [-0.25, -0.2) is 0 Å². The Morgan fingerprint density at radius 1 is 1.33 bits per heavy atom. The second-order valence-corrected chi connectivity index (χ2v) is 7.43. The molecule has 1 aromatic carbocycles. The number of halogens is 2. The number of hydrazine groups is 1. The SMILES string of the molecule is NNC(CSc1cccc(Br)c1)c1sccc1Br. The van der Waals surface area contributed by atoms with Crippen molar-refractivity contribution in [2.45, 2.75) is 10.9 Å². The summed E-state index contributed by atoms with van der Waals surface area (Å²) in [6.07, 6.45) is 0. The first-order chi connectivity index (χ1) is 8.70.